The van der Waals surface area contributed by atoms with Crippen LogP contribution in [-0.2, 0) is 0 Å². The second-order valence-electron chi connectivity index (χ2n) is 1.44. The fraction of sp³-hybridized carbons (Fsp3) is 0.200. The van der Waals surface area contributed by atoms with Crippen LogP contribution in [0.4, 0.5) is 0 Å². The topological polar surface area (TPSA) is 62.2 Å². The van der Waals surface area contributed by atoms with Crippen molar-refractivity contribution >= 4 is 34.8 Å². The van der Waals surface area contributed by atoms with Crippen molar-refractivity contribution in [3.63, 3.8) is 0 Å². The highest BCUT2D eigenvalue weighted by Crippen LogP contribution is 1.96. The number of nitrogens with one attached hydrogen (secondary N) is 1. The third-order valence-electron chi connectivity index (χ3n) is 0.771. The lowest BCUT2D eigenvalue weighted by molar-refractivity contribution is 1.46. The van der Waals surface area contributed by atoms with Crippen molar-refractivity contribution in [3.8, 4) is 0 Å². The molecule has 3 nitrogen and oxygen atoms in total. The molecule has 0 atom stereocenters. The second-order valence-corrected chi connectivity index (χ2v) is 2.06. The third-order valence-corrected chi connectivity index (χ3v) is 1.71. The Morgan fingerprint density at radius 1 is 1.78 bits per heavy atom. The molecule has 0 aliphatic heterocycles. The molecule has 0 aliphatic carbocycles. The molecular formula is C5H8IN3. The SMILES string of the molecule is CC(=C/I)/C(N)=N\C=N. The molecule has 3 N–H and O–H groups in total. The van der Waals surface area contributed by atoms with E-state index < -0.39 is 0 Å². The van der Waals surface area contributed by atoms with Crippen LogP contribution in [0.2, 0.25) is 0 Å². The zero-order valence-electron chi connectivity index (χ0n) is 5.06. The summed E-state index contributed by atoms with van der Waals surface area (Å²) in [7, 11) is 0. The summed E-state index contributed by atoms with van der Waals surface area (Å²) in [6.07, 6.45) is 0.930. The van der Waals surface area contributed by atoms with Crippen LogP contribution in [0.1, 0.15) is 6.92 Å². The Bertz CT molecular complexity index is 160. The Morgan fingerprint density at radius 2 is 2.33 bits per heavy atom. The molecule has 0 rings (SSSR count). The van der Waals surface area contributed by atoms with Crippen molar-refractivity contribution in [2.75, 3.05) is 0 Å². The number of hydrogen-bond donors (Lipinski definition) is 2. The van der Waals surface area contributed by atoms with Gasteiger partial charge in [0.15, 0.2) is 0 Å². The van der Waals surface area contributed by atoms with E-state index in [0.29, 0.717) is 5.84 Å². The van der Waals surface area contributed by atoms with Gasteiger partial charge in [-0.25, -0.2) is 4.99 Å². The van der Waals surface area contributed by atoms with Crippen LogP contribution in [0.3, 0.4) is 0 Å². The molecule has 0 saturated carbocycles. The number of nitrogens with zero attached hydrogens (tertiary/aromatic N) is 1. The number of hydrogen-bond acceptors (Lipinski definition) is 1. The summed E-state index contributed by atoms with van der Waals surface area (Å²) in [5.74, 6) is 0.402. The molecule has 0 aromatic heterocycles. The lowest BCUT2D eigenvalue weighted by Gasteiger charge is -1.93. The Labute approximate surface area is 67.7 Å². The summed E-state index contributed by atoms with van der Waals surface area (Å²) in [5, 5.41) is 6.58. The van der Waals surface area contributed by atoms with Gasteiger partial charge in [0.25, 0.3) is 0 Å². The molecule has 0 spiro atoms. The lowest BCUT2D eigenvalue weighted by Crippen LogP contribution is -2.12. The van der Waals surface area contributed by atoms with E-state index in [1.54, 1.807) is 0 Å². The predicted molar refractivity (Wildman–Crippen MR) is 48.2 cm³/mol. The Kier molecular flexibility index (Phi) is 4.29. The number of halogens is 1. The van der Waals surface area contributed by atoms with Gasteiger partial charge >= 0.3 is 0 Å². The van der Waals surface area contributed by atoms with Crippen molar-refractivity contribution in [1.29, 1.82) is 5.41 Å². The highest BCUT2D eigenvalue weighted by Gasteiger charge is 1.90. The minimum Gasteiger partial charge on any atom is -0.383 e. The maximum Gasteiger partial charge on any atom is 0.128 e. The molecule has 0 aliphatic rings. The van der Waals surface area contributed by atoms with E-state index >= 15 is 0 Å². The molecule has 0 saturated heterocycles. The maximum atomic E-state index is 6.58. The van der Waals surface area contributed by atoms with Crippen LogP contribution in [0.5, 0.6) is 0 Å². The largest absolute Gasteiger partial charge is 0.383 e. The zero-order chi connectivity index (χ0) is 7.28. The monoisotopic (exact) mass is 237 g/mol. The van der Waals surface area contributed by atoms with Crippen molar-refractivity contribution in [1.82, 2.24) is 0 Å². The van der Waals surface area contributed by atoms with Gasteiger partial charge in [0.1, 0.15) is 12.2 Å². The molecule has 0 radical (unpaired) electrons. The van der Waals surface area contributed by atoms with Crippen LogP contribution in [0, 0.1) is 5.41 Å². The first-order valence-electron chi connectivity index (χ1n) is 2.32. The molecule has 0 unspecified atom stereocenters. The normalized spacial score (nSPS) is 13.6. The molecule has 4 heteroatoms. The Balaban J connectivity index is 4.19. The molecule has 0 aromatic carbocycles. The van der Waals surface area contributed by atoms with Crippen LogP contribution in [0.25, 0.3) is 0 Å². The molecule has 0 fully saturated rings. The smallest absolute Gasteiger partial charge is 0.128 e. The highest BCUT2D eigenvalue weighted by atomic mass is 127. The van der Waals surface area contributed by atoms with Crippen molar-refractivity contribution in [3.05, 3.63) is 9.66 Å². The van der Waals surface area contributed by atoms with Crippen molar-refractivity contribution in [2.45, 2.75) is 6.92 Å². The summed E-state index contributed by atoms with van der Waals surface area (Å²) in [6.45, 7) is 1.84. The van der Waals surface area contributed by atoms with Gasteiger partial charge in [-0.05, 0) is 16.6 Å². The maximum absolute atomic E-state index is 6.58. The Hall–Kier alpha value is -0.390. The first-order chi connectivity index (χ1) is 4.22. The molecule has 9 heavy (non-hydrogen) atoms. The molecule has 50 valence electrons. The molecule has 0 bridgehead atoms. The second kappa shape index (κ2) is 4.49. The van der Waals surface area contributed by atoms with E-state index in [0.717, 1.165) is 11.9 Å². The van der Waals surface area contributed by atoms with Gasteiger partial charge in [-0.15, -0.1) is 0 Å². The molecular weight excluding hydrogens is 229 g/mol. The van der Waals surface area contributed by atoms with Gasteiger partial charge in [0.2, 0.25) is 0 Å². The number of aliphatic imine (C=N–C) groups is 1. The quantitative estimate of drug-likeness (QED) is 0.424. The average molecular weight is 237 g/mol. The number of amidine groups is 1. The van der Waals surface area contributed by atoms with Gasteiger partial charge in [0, 0.05) is 0 Å². The van der Waals surface area contributed by atoms with Crippen molar-refractivity contribution < 1.29 is 0 Å². The third kappa shape index (κ3) is 3.23. The summed E-state index contributed by atoms with van der Waals surface area (Å²) in [4.78, 5) is 3.56. The first-order valence-corrected chi connectivity index (χ1v) is 3.56. The minimum atomic E-state index is 0.402. The lowest BCUT2D eigenvalue weighted by atomic mass is 10.3. The van der Waals surface area contributed by atoms with Gasteiger partial charge in [-0.1, -0.05) is 22.6 Å². The summed E-state index contributed by atoms with van der Waals surface area (Å²) in [5.41, 5.74) is 6.25. The standard InChI is InChI=1S/C5H8IN3/c1-4(2-6)5(8)9-3-7/h2-3H,1H3,(H3,7,8,9)/b4-2-. The van der Waals surface area contributed by atoms with Gasteiger partial charge in [-0.2, -0.15) is 0 Å². The van der Waals surface area contributed by atoms with E-state index in [1.807, 2.05) is 11.0 Å². The zero-order valence-corrected chi connectivity index (χ0v) is 7.21. The Morgan fingerprint density at radius 3 is 2.67 bits per heavy atom. The summed E-state index contributed by atoms with van der Waals surface area (Å²) < 4.78 is 1.82. The minimum absolute atomic E-state index is 0.402. The van der Waals surface area contributed by atoms with Gasteiger partial charge < -0.3 is 5.73 Å². The van der Waals surface area contributed by atoms with Crippen LogP contribution in [0.15, 0.2) is 14.6 Å². The fourth-order valence-electron chi connectivity index (χ4n) is 0.227. The highest BCUT2D eigenvalue weighted by molar-refractivity contribution is 14.1. The first kappa shape index (κ1) is 8.61. The van der Waals surface area contributed by atoms with Gasteiger partial charge in [0.05, 0.1) is 0 Å². The van der Waals surface area contributed by atoms with Gasteiger partial charge in [-0.3, -0.25) is 5.41 Å². The van der Waals surface area contributed by atoms with E-state index in [2.05, 4.69) is 27.6 Å². The molecule has 0 amide bonds. The van der Waals surface area contributed by atoms with E-state index in [-0.39, 0.29) is 0 Å². The predicted octanol–water partition coefficient (Wildman–Crippen LogP) is 1.29. The fourth-order valence-corrected chi connectivity index (χ4v) is 0.546. The summed E-state index contributed by atoms with van der Waals surface area (Å²) >= 11 is 2.07. The average Bonchev–Trinajstić information content (AvgIpc) is 1.87. The number of nitrogens with two attached hydrogens (primary N) is 1. The van der Waals surface area contributed by atoms with Crippen LogP contribution < -0.4 is 5.73 Å². The molecule has 0 heterocycles. The van der Waals surface area contributed by atoms with E-state index in [9.17, 15) is 0 Å². The van der Waals surface area contributed by atoms with E-state index in [1.165, 1.54) is 0 Å². The van der Waals surface area contributed by atoms with Crippen LogP contribution >= 0.6 is 22.6 Å². The number of rotatable bonds is 2. The molecule has 0 aromatic rings. The van der Waals surface area contributed by atoms with Crippen LogP contribution in [-0.4, -0.2) is 12.2 Å². The van der Waals surface area contributed by atoms with E-state index in [4.69, 9.17) is 11.1 Å². The van der Waals surface area contributed by atoms with Crippen molar-refractivity contribution in [2.24, 2.45) is 10.7 Å². The summed E-state index contributed by atoms with van der Waals surface area (Å²) in [6, 6.07) is 0.